The molecule has 0 spiro atoms. The lowest BCUT2D eigenvalue weighted by Gasteiger charge is -2.05. The fourth-order valence-electron chi connectivity index (χ4n) is 2.52. The molecule has 0 aliphatic rings. The molecular weight excluding hydrogens is 428 g/mol. The van der Waals surface area contributed by atoms with Crippen molar-refractivity contribution >= 4 is 29.2 Å². The van der Waals surface area contributed by atoms with E-state index >= 15 is 0 Å². The summed E-state index contributed by atoms with van der Waals surface area (Å²) in [5, 5.41) is 17.7. The van der Waals surface area contributed by atoms with Crippen LogP contribution in [0.1, 0.15) is 29.1 Å². The second kappa shape index (κ2) is 10.3. The van der Waals surface area contributed by atoms with Crippen LogP contribution in [0.5, 0.6) is 0 Å². The van der Waals surface area contributed by atoms with Crippen LogP contribution in [0.15, 0.2) is 53.1 Å². The predicted octanol–water partition coefficient (Wildman–Crippen LogP) is 3.55. The molecule has 10 nitrogen and oxygen atoms in total. The molecule has 0 aliphatic heterocycles. The molecule has 2 aromatic carbocycles. The number of aromatic nitrogens is 2. The first kappa shape index (κ1) is 21.9. The van der Waals surface area contributed by atoms with Gasteiger partial charge < -0.3 is 14.6 Å². The van der Waals surface area contributed by atoms with E-state index in [1.54, 1.807) is 24.3 Å². The van der Waals surface area contributed by atoms with E-state index in [9.17, 15) is 19.7 Å². The topological polar surface area (TPSA) is 137 Å². The fourth-order valence-corrected chi connectivity index (χ4v) is 2.64. The van der Waals surface area contributed by atoms with Gasteiger partial charge in [0.1, 0.15) is 0 Å². The number of nitro groups is 1. The highest BCUT2D eigenvalue weighted by Gasteiger charge is 2.13. The van der Waals surface area contributed by atoms with Gasteiger partial charge in [-0.25, -0.2) is 0 Å². The number of hydrogen-bond donors (Lipinski definition) is 1. The monoisotopic (exact) mass is 444 g/mol. The average Bonchev–Trinajstić information content (AvgIpc) is 3.25. The number of carbonyl (C=O) groups is 2. The number of carbonyl (C=O) groups excluding carboxylic acids is 2. The largest absolute Gasteiger partial charge is 0.456 e. The smallest absolute Gasteiger partial charge is 0.306 e. The molecule has 0 radical (unpaired) electrons. The highest BCUT2D eigenvalue weighted by Crippen LogP contribution is 2.20. The molecule has 0 fully saturated rings. The Morgan fingerprint density at radius 3 is 2.52 bits per heavy atom. The summed E-state index contributed by atoms with van der Waals surface area (Å²) in [6, 6.07) is 12.1. The third-order valence-corrected chi connectivity index (χ3v) is 4.36. The molecule has 31 heavy (non-hydrogen) atoms. The number of nitrogens with zero attached hydrogens (tertiary/aromatic N) is 3. The number of halogens is 1. The van der Waals surface area contributed by atoms with Gasteiger partial charge in [0.15, 0.2) is 6.61 Å². The van der Waals surface area contributed by atoms with E-state index in [2.05, 4.69) is 15.5 Å². The van der Waals surface area contributed by atoms with Crippen molar-refractivity contribution < 1.29 is 23.8 Å². The summed E-state index contributed by atoms with van der Waals surface area (Å²) in [6.07, 6.45) is 0.500. The SMILES string of the molecule is O=C(CCCNC(=O)c1ccc(Cl)cc1)OCc1nc(-c2ccc([N+](=O)[O-])cc2)no1. The molecule has 3 aromatic rings. The van der Waals surface area contributed by atoms with Gasteiger partial charge in [-0.15, -0.1) is 0 Å². The van der Waals surface area contributed by atoms with Crippen LogP contribution in [0.4, 0.5) is 5.69 Å². The van der Waals surface area contributed by atoms with Crippen LogP contribution in [0, 0.1) is 10.1 Å². The zero-order valence-electron chi connectivity index (χ0n) is 16.1. The summed E-state index contributed by atoms with van der Waals surface area (Å²) in [7, 11) is 0. The third-order valence-electron chi connectivity index (χ3n) is 4.11. The van der Waals surface area contributed by atoms with Crippen LogP contribution < -0.4 is 5.32 Å². The standard InChI is InChI=1S/C20H17ClN4O6/c21-15-7-3-14(4-8-15)20(27)22-11-1-2-18(26)30-12-17-23-19(24-31-17)13-5-9-16(10-6-13)25(28)29/h3-10H,1-2,11-12H2,(H,22,27). The number of rotatable bonds is 9. The Hall–Kier alpha value is -3.79. The second-order valence-electron chi connectivity index (χ2n) is 6.34. The maximum absolute atomic E-state index is 12.0. The van der Waals surface area contributed by atoms with Crippen molar-refractivity contribution in [3.8, 4) is 11.4 Å². The van der Waals surface area contributed by atoms with Crippen molar-refractivity contribution in [3.05, 3.63) is 75.1 Å². The van der Waals surface area contributed by atoms with Crippen LogP contribution >= 0.6 is 11.6 Å². The molecule has 0 atom stereocenters. The van der Waals surface area contributed by atoms with Crippen molar-refractivity contribution in [2.45, 2.75) is 19.4 Å². The first-order chi connectivity index (χ1) is 14.9. The van der Waals surface area contributed by atoms with E-state index in [4.69, 9.17) is 20.9 Å². The molecule has 0 unspecified atom stereocenters. The van der Waals surface area contributed by atoms with Gasteiger partial charge in [-0.1, -0.05) is 16.8 Å². The van der Waals surface area contributed by atoms with Crippen LogP contribution in [-0.4, -0.2) is 33.5 Å². The van der Waals surface area contributed by atoms with Gasteiger partial charge in [0.05, 0.1) is 4.92 Å². The lowest BCUT2D eigenvalue weighted by atomic mass is 10.2. The Kier molecular flexibility index (Phi) is 7.28. The number of ether oxygens (including phenoxy) is 1. The maximum Gasteiger partial charge on any atom is 0.306 e. The summed E-state index contributed by atoms with van der Waals surface area (Å²) >= 11 is 5.78. The minimum atomic E-state index is -0.506. The van der Waals surface area contributed by atoms with Crippen molar-refractivity contribution in [1.29, 1.82) is 0 Å². The maximum atomic E-state index is 12.0. The van der Waals surface area contributed by atoms with Crippen LogP contribution in [0.3, 0.4) is 0 Å². The summed E-state index contributed by atoms with van der Waals surface area (Å²) in [4.78, 5) is 38.1. The number of benzene rings is 2. The number of nitrogens with one attached hydrogen (secondary N) is 1. The molecule has 1 aromatic heterocycles. The molecule has 1 N–H and O–H groups in total. The molecule has 11 heteroatoms. The fraction of sp³-hybridized carbons (Fsp3) is 0.200. The van der Waals surface area contributed by atoms with Crippen molar-refractivity contribution in [1.82, 2.24) is 15.5 Å². The van der Waals surface area contributed by atoms with Crippen molar-refractivity contribution in [2.75, 3.05) is 6.54 Å². The Bertz CT molecular complexity index is 1070. The highest BCUT2D eigenvalue weighted by molar-refractivity contribution is 6.30. The molecule has 3 rings (SSSR count). The summed E-state index contributed by atoms with van der Waals surface area (Å²) < 4.78 is 10.1. The zero-order valence-corrected chi connectivity index (χ0v) is 16.9. The van der Waals surface area contributed by atoms with Gasteiger partial charge in [0.2, 0.25) is 5.82 Å². The molecule has 160 valence electrons. The van der Waals surface area contributed by atoms with E-state index in [-0.39, 0.29) is 36.3 Å². The quantitative estimate of drug-likeness (QED) is 0.229. The average molecular weight is 445 g/mol. The van der Waals surface area contributed by atoms with Crippen molar-refractivity contribution in [2.24, 2.45) is 0 Å². The summed E-state index contributed by atoms with van der Waals surface area (Å²) in [5.41, 5.74) is 0.960. The van der Waals surface area contributed by atoms with E-state index in [1.165, 1.54) is 24.3 Å². The van der Waals surface area contributed by atoms with Gasteiger partial charge >= 0.3 is 5.97 Å². The van der Waals surface area contributed by atoms with Crippen molar-refractivity contribution in [3.63, 3.8) is 0 Å². The number of nitro benzene ring substituents is 1. The van der Waals surface area contributed by atoms with E-state index in [1.807, 2.05) is 0 Å². The third kappa shape index (κ3) is 6.34. The van der Waals surface area contributed by atoms with E-state index < -0.39 is 10.9 Å². The van der Waals surface area contributed by atoms with Gasteiger partial charge in [-0.05, 0) is 42.8 Å². The van der Waals surface area contributed by atoms with Gasteiger partial charge in [-0.2, -0.15) is 4.98 Å². The lowest BCUT2D eigenvalue weighted by Crippen LogP contribution is -2.24. The number of amides is 1. The molecule has 0 bridgehead atoms. The first-order valence-electron chi connectivity index (χ1n) is 9.19. The summed E-state index contributed by atoms with van der Waals surface area (Å²) in [5.74, 6) is -0.408. The van der Waals surface area contributed by atoms with E-state index in [0.717, 1.165) is 0 Å². The first-order valence-corrected chi connectivity index (χ1v) is 9.57. The minimum absolute atomic E-state index is 0.0502. The van der Waals surface area contributed by atoms with Gasteiger partial charge in [0, 0.05) is 41.2 Å². The minimum Gasteiger partial charge on any atom is -0.456 e. The Morgan fingerprint density at radius 1 is 1.13 bits per heavy atom. The molecule has 0 aliphatic carbocycles. The lowest BCUT2D eigenvalue weighted by molar-refractivity contribution is -0.384. The van der Waals surface area contributed by atoms with Crippen LogP contribution in [-0.2, 0) is 16.1 Å². The molecule has 0 saturated heterocycles. The number of hydrogen-bond acceptors (Lipinski definition) is 8. The van der Waals surface area contributed by atoms with Gasteiger partial charge in [-0.3, -0.25) is 19.7 Å². The Labute approximate surface area is 181 Å². The van der Waals surface area contributed by atoms with E-state index in [0.29, 0.717) is 29.1 Å². The predicted molar refractivity (Wildman–Crippen MR) is 109 cm³/mol. The van der Waals surface area contributed by atoms with Crippen LogP contribution in [0.25, 0.3) is 11.4 Å². The number of non-ortho nitro benzene ring substituents is 1. The van der Waals surface area contributed by atoms with Gasteiger partial charge in [0.25, 0.3) is 17.5 Å². The molecular formula is C20H17ClN4O6. The number of esters is 1. The molecule has 1 heterocycles. The Balaban J connectivity index is 1.38. The normalized spacial score (nSPS) is 10.5. The molecule has 0 saturated carbocycles. The second-order valence-corrected chi connectivity index (χ2v) is 6.78. The highest BCUT2D eigenvalue weighted by atomic mass is 35.5. The Morgan fingerprint density at radius 2 is 1.84 bits per heavy atom. The zero-order chi connectivity index (χ0) is 22.2. The summed E-state index contributed by atoms with van der Waals surface area (Å²) in [6.45, 7) is 0.108. The molecule has 1 amide bonds. The van der Waals surface area contributed by atoms with Crippen LogP contribution in [0.2, 0.25) is 5.02 Å².